The molecule has 3 aromatic carbocycles. The maximum absolute atomic E-state index is 6.27. The molecule has 0 N–H and O–H groups in total. The van der Waals surface area contributed by atoms with Crippen LogP contribution in [0.25, 0.3) is 32.9 Å². The van der Waals surface area contributed by atoms with Crippen LogP contribution in [-0.4, -0.2) is 33.6 Å². The number of ether oxygens (including phenoxy) is 1. The van der Waals surface area contributed by atoms with Crippen molar-refractivity contribution >= 4 is 19.0 Å². The van der Waals surface area contributed by atoms with E-state index >= 15 is 0 Å². The van der Waals surface area contributed by atoms with Crippen LogP contribution >= 0.6 is 0 Å². The van der Waals surface area contributed by atoms with Gasteiger partial charge in [-0.3, -0.25) is 0 Å². The number of imidazole rings is 1. The third-order valence-electron chi connectivity index (χ3n) is 6.69. The molecule has 3 aromatic heterocycles. The largest absolute Gasteiger partial charge is 0 e. The molecule has 40 heavy (non-hydrogen) atoms. The Kier molecular flexibility index (Phi) is 8.28. The first-order valence-electron chi connectivity index (χ1n) is 13.0. The standard InChI is InChI=1S/C32H29N5OSe.Pt/c1-21(2)27-13-8-14-28(22(3)4)30(27)36-16-15-33-31(36)24-10-7-12-26(18-24)38-25-11-6-9-23(17-25)29-19-39-32-34-35(5)20-37(29)32;/h6-16,19,21-22H,1-5H3;/q-2;. The zero-order valence-corrected chi connectivity index (χ0v) is 26.9. The zero-order chi connectivity index (χ0) is 27.1. The minimum atomic E-state index is 0. The van der Waals surface area contributed by atoms with Crippen molar-refractivity contribution in [2.75, 3.05) is 0 Å². The Hall–Kier alpha value is -3.24. The summed E-state index contributed by atoms with van der Waals surface area (Å²) in [7, 11) is 1.89. The van der Waals surface area contributed by atoms with E-state index < -0.39 is 0 Å². The smallest absolute Gasteiger partial charge is 0 e. The van der Waals surface area contributed by atoms with Crippen LogP contribution in [0.3, 0.4) is 0 Å². The fourth-order valence-electron chi connectivity index (χ4n) is 4.85. The van der Waals surface area contributed by atoms with Crippen molar-refractivity contribution in [3.63, 3.8) is 0 Å². The van der Waals surface area contributed by atoms with E-state index in [4.69, 9.17) is 9.72 Å². The predicted molar refractivity (Wildman–Crippen MR) is 153 cm³/mol. The molecule has 8 heteroatoms. The van der Waals surface area contributed by atoms with Crippen LogP contribution in [0.4, 0.5) is 0 Å². The van der Waals surface area contributed by atoms with Gasteiger partial charge in [0, 0.05) is 21.1 Å². The molecule has 0 aliphatic heterocycles. The third-order valence-corrected chi connectivity index (χ3v) is 8.40. The summed E-state index contributed by atoms with van der Waals surface area (Å²) in [6.45, 7) is 8.94. The van der Waals surface area contributed by atoms with Gasteiger partial charge in [-0.15, -0.1) is 0 Å². The van der Waals surface area contributed by atoms with Gasteiger partial charge in [-0.1, -0.05) is 45.9 Å². The zero-order valence-electron chi connectivity index (χ0n) is 23.0. The first-order chi connectivity index (χ1) is 18.9. The number of aryl methyl sites for hydroxylation is 1. The van der Waals surface area contributed by atoms with Crippen LogP contribution in [0.1, 0.15) is 50.7 Å². The number of benzene rings is 3. The van der Waals surface area contributed by atoms with Crippen molar-refractivity contribution in [2.24, 2.45) is 7.05 Å². The molecule has 6 rings (SSSR count). The molecule has 0 bridgehead atoms. The van der Waals surface area contributed by atoms with E-state index in [1.54, 1.807) is 4.68 Å². The molecule has 3 heterocycles. The van der Waals surface area contributed by atoms with Crippen molar-refractivity contribution in [1.29, 1.82) is 0 Å². The Morgan fingerprint density at radius 3 is 2.17 bits per heavy atom. The molecule has 206 valence electrons. The fourth-order valence-corrected chi connectivity index (χ4v) is 6.66. The summed E-state index contributed by atoms with van der Waals surface area (Å²) in [6.07, 6.45) is 7.13. The molecule has 0 atom stereocenters. The molecule has 0 amide bonds. The molecule has 6 nitrogen and oxygen atoms in total. The van der Waals surface area contributed by atoms with Gasteiger partial charge < -0.3 is 0 Å². The minimum absolute atomic E-state index is 0. The van der Waals surface area contributed by atoms with E-state index in [2.05, 4.69) is 79.0 Å². The van der Waals surface area contributed by atoms with Crippen LogP contribution in [0, 0.1) is 18.5 Å². The maximum atomic E-state index is 6.27. The van der Waals surface area contributed by atoms with Gasteiger partial charge in [0.1, 0.15) is 0 Å². The van der Waals surface area contributed by atoms with Gasteiger partial charge in [-0.05, 0) is 23.0 Å². The summed E-state index contributed by atoms with van der Waals surface area (Å²) < 4.78 is 13.2. The Morgan fingerprint density at radius 1 is 0.875 bits per heavy atom. The Labute approximate surface area is 255 Å². The normalized spacial score (nSPS) is 11.4. The molecule has 0 saturated heterocycles. The monoisotopic (exact) mass is 774 g/mol. The van der Waals surface area contributed by atoms with Crippen molar-refractivity contribution in [3.05, 3.63) is 102 Å². The van der Waals surface area contributed by atoms with E-state index in [-0.39, 0.29) is 35.6 Å². The molecule has 6 aromatic rings. The summed E-state index contributed by atoms with van der Waals surface area (Å²) in [5.41, 5.74) is 6.65. The second kappa shape index (κ2) is 11.7. The van der Waals surface area contributed by atoms with Gasteiger partial charge in [-0.2, -0.15) is 0 Å². The van der Waals surface area contributed by atoms with Gasteiger partial charge in [0.2, 0.25) is 0 Å². The Balaban J connectivity index is 0.00000323. The van der Waals surface area contributed by atoms with Crippen molar-refractivity contribution in [3.8, 4) is 39.8 Å². The number of para-hydroxylation sites is 1. The van der Waals surface area contributed by atoms with Gasteiger partial charge >= 0.3 is 167 Å². The molecule has 0 spiro atoms. The fraction of sp³-hybridized carbons (Fsp3) is 0.219. The summed E-state index contributed by atoms with van der Waals surface area (Å²) in [6, 6.07) is 25.3. The molecule has 0 unspecified atom stereocenters. The topological polar surface area (TPSA) is 48.2 Å². The summed E-state index contributed by atoms with van der Waals surface area (Å²) in [5, 5.41) is 4.49. The quantitative estimate of drug-likeness (QED) is 0.111. The maximum Gasteiger partial charge on any atom is 0 e. The number of rotatable bonds is 7. The third kappa shape index (κ3) is 5.39. The van der Waals surface area contributed by atoms with E-state index in [0.29, 0.717) is 23.3 Å². The molecular weight excluding hydrogens is 744 g/mol. The second-order valence-electron chi connectivity index (χ2n) is 10.1. The molecular formula is C32H29N5OPtSe-2. The first kappa shape index (κ1) is 28.3. The van der Waals surface area contributed by atoms with E-state index in [1.165, 1.54) is 16.8 Å². The van der Waals surface area contributed by atoms with Crippen molar-refractivity contribution < 1.29 is 30.5 Å². The van der Waals surface area contributed by atoms with E-state index in [9.17, 15) is 0 Å². The molecule has 0 saturated carbocycles. The number of hydrogen-bond acceptors (Lipinski definition) is 3. The van der Waals surface area contributed by atoms with Crippen LogP contribution in [-0.2, 0) is 28.1 Å². The number of aromatic nitrogens is 5. The number of hydrogen-bond donors (Lipinski definition) is 0. The average molecular weight is 774 g/mol. The predicted octanol–water partition coefficient (Wildman–Crippen LogP) is 6.17. The van der Waals surface area contributed by atoms with Gasteiger partial charge in [0.05, 0.1) is 0 Å². The number of fused-ring (bicyclic) bond motifs is 1. The first-order valence-corrected chi connectivity index (χ1v) is 14.9. The molecule has 0 aliphatic rings. The molecule has 0 radical (unpaired) electrons. The van der Waals surface area contributed by atoms with E-state index in [0.717, 1.165) is 27.2 Å². The van der Waals surface area contributed by atoms with Crippen molar-refractivity contribution in [1.82, 2.24) is 19.1 Å². The van der Waals surface area contributed by atoms with Gasteiger partial charge in [0.15, 0.2) is 0 Å². The summed E-state index contributed by atoms with van der Waals surface area (Å²) in [5.74, 6) is 2.84. The molecule has 0 aliphatic carbocycles. The minimum Gasteiger partial charge on any atom is 0 e. The van der Waals surface area contributed by atoms with Crippen LogP contribution in [0.5, 0.6) is 11.5 Å². The summed E-state index contributed by atoms with van der Waals surface area (Å²) in [4.78, 5) is 6.95. The van der Waals surface area contributed by atoms with E-state index in [1.807, 2.05) is 60.2 Å². The second-order valence-corrected chi connectivity index (χ2v) is 11.9. The number of nitrogens with zero attached hydrogens (tertiary/aromatic N) is 5. The Morgan fingerprint density at radius 2 is 1.50 bits per heavy atom. The van der Waals surface area contributed by atoms with Crippen LogP contribution in [0.15, 0.2) is 71.9 Å². The van der Waals surface area contributed by atoms with Crippen LogP contribution < -0.4 is 9.42 Å². The SMILES string of the molecule is CC(C)c1cccc(C(C)C)c1-n1ccnc1-c1[c-]c(Oc2[c-]c(-c3c[se]c4n[n+](C)[c-]n34)ccc2)ccc1.[Pt]. The molecule has 0 fully saturated rings. The average Bonchev–Trinajstić information content (AvgIpc) is 3.64. The van der Waals surface area contributed by atoms with Crippen molar-refractivity contribution in [2.45, 2.75) is 39.5 Å². The van der Waals surface area contributed by atoms with Crippen LogP contribution in [0.2, 0.25) is 0 Å². The summed E-state index contributed by atoms with van der Waals surface area (Å²) >= 11 is 0.172. The van der Waals surface area contributed by atoms with Gasteiger partial charge in [0.25, 0.3) is 0 Å². The van der Waals surface area contributed by atoms with Gasteiger partial charge in [-0.25, -0.2) is 0 Å². The Bertz CT molecular complexity index is 1760.